The molecule has 2 heterocycles. The summed E-state index contributed by atoms with van der Waals surface area (Å²) in [5.74, 6) is -0.511. The first-order valence-corrected chi connectivity index (χ1v) is 7.39. The zero-order chi connectivity index (χ0) is 14.7. The van der Waals surface area contributed by atoms with Crippen molar-refractivity contribution in [3.05, 3.63) is 35.9 Å². The normalized spacial score (nSPS) is 25.1. The molecule has 1 spiro atoms. The number of benzene rings is 1. The molecule has 3 rings (SSSR count). The molecule has 0 aliphatic carbocycles. The summed E-state index contributed by atoms with van der Waals surface area (Å²) in [5.41, 5.74) is 4.19. The van der Waals surface area contributed by atoms with Gasteiger partial charge in [-0.05, 0) is 37.1 Å². The fraction of sp³-hybridized carbons (Fsp3) is 0.438. The minimum absolute atomic E-state index is 0.416. The number of carbonyl (C=O) groups excluding carboxylic acids is 1. The number of rotatable bonds is 3. The highest BCUT2D eigenvalue weighted by atomic mass is 16.5. The van der Waals surface area contributed by atoms with Crippen LogP contribution in [0.1, 0.15) is 18.4 Å². The van der Waals surface area contributed by atoms with Gasteiger partial charge in [0.2, 0.25) is 0 Å². The summed E-state index contributed by atoms with van der Waals surface area (Å²) in [7, 11) is 0. The number of anilines is 1. The van der Waals surface area contributed by atoms with Crippen molar-refractivity contribution >= 4 is 17.7 Å². The highest BCUT2D eigenvalue weighted by Crippen LogP contribution is 2.39. The lowest BCUT2D eigenvalue weighted by atomic mass is 9.86. The smallest absolute Gasteiger partial charge is 0.267 e. The predicted molar refractivity (Wildman–Crippen MR) is 82.2 cm³/mol. The Balaban J connectivity index is 1.79. The molecular weight excluding hydrogens is 266 g/mol. The molecule has 1 unspecified atom stereocenters. The summed E-state index contributed by atoms with van der Waals surface area (Å²) in [6.07, 6.45) is 5.56. The quantitative estimate of drug-likeness (QED) is 0.447. The summed E-state index contributed by atoms with van der Waals surface area (Å²) < 4.78 is 0. The Kier molecular flexibility index (Phi) is 3.94. The van der Waals surface area contributed by atoms with E-state index in [2.05, 4.69) is 16.3 Å². The van der Waals surface area contributed by atoms with Crippen molar-refractivity contribution in [1.29, 1.82) is 0 Å². The minimum atomic E-state index is -0.511. The molecule has 112 valence electrons. The molecule has 0 bridgehead atoms. The first-order valence-electron chi connectivity index (χ1n) is 7.39. The Morgan fingerprint density at radius 3 is 3.00 bits per heavy atom. The van der Waals surface area contributed by atoms with Crippen LogP contribution in [0.2, 0.25) is 0 Å². The summed E-state index contributed by atoms with van der Waals surface area (Å²) in [6.45, 7) is 4.34. The van der Waals surface area contributed by atoms with Crippen LogP contribution in [0.5, 0.6) is 0 Å². The van der Waals surface area contributed by atoms with Gasteiger partial charge in [0, 0.05) is 36.8 Å². The number of hydrogen-bond acceptors (Lipinski definition) is 4. The van der Waals surface area contributed by atoms with Crippen LogP contribution < -0.4 is 15.7 Å². The van der Waals surface area contributed by atoms with Crippen molar-refractivity contribution in [2.24, 2.45) is 5.41 Å². The summed E-state index contributed by atoms with van der Waals surface area (Å²) in [4.78, 5) is 13.6. The molecule has 1 atom stereocenters. The topological polar surface area (TPSA) is 64.6 Å². The Bertz CT molecular complexity index is 550. The van der Waals surface area contributed by atoms with E-state index in [0.717, 1.165) is 37.4 Å². The molecule has 0 aromatic heterocycles. The molecule has 2 saturated heterocycles. The maximum absolute atomic E-state index is 11.2. The number of carbonyl (C=O) groups is 1. The molecule has 1 aromatic carbocycles. The van der Waals surface area contributed by atoms with Gasteiger partial charge in [-0.25, -0.2) is 5.48 Å². The van der Waals surface area contributed by atoms with E-state index in [1.807, 2.05) is 18.2 Å². The fourth-order valence-corrected chi connectivity index (χ4v) is 3.40. The molecule has 0 radical (unpaired) electrons. The molecule has 2 aliphatic heterocycles. The van der Waals surface area contributed by atoms with Crippen LogP contribution in [0, 0.1) is 5.41 Å². The average Bonchev–Trinajstić information content (AvgIpc) is 3.15. The summed E-state index contributed by atoms with van der Waals surface area (Å²) >= 11 is 0. The van der Waals surface area contributed by atoms with Crippen LogP contribution in [0.25, 0.3) is 6.08 Å². The maximum atomic E-state index is 11.2. The lowest BCUT2D eigenvalue weighted by Gasteiger charge is -2.25. The SMILES string of the molecule is O=C(/C=C/c1ccccc1N1CCC2(CCNC2)C1)NO. The number of para-hydroxylation sites is 1. The van der Waals surface area contributed by atoms with Gasteiger partial charge in [0.1, 0.15) is 0 Å². The number of hydroxylamine groups is 1. The zero-order valence-electron chi connectivity index (χ0n) is 12.0. The number of nitrogens with one attached hydrogen (secondary N) is 2. The summed E-state index contributed by atoms with van der Waals surface area (Å²) in [6, 6.07) is 8.08. The third-order valence-corrected chi connectivity index (χ3v) is 4.57. The van der Waals surface area contributed by atoms with Crippen molar-refractivity contribution in [3.63, 3.8) is 0 Å². The largest absolute Gasteiger partial charge is 0.370 e. The van der Waals surface area contributed by atoms with Crippen LogP contribution in [-0.2, 0) is 4.79 Å². The van der Waals surface area contributed by atoms with E-state index < -0.39 is 5.91 Å². The molecule has 5 heteroatoms. The number of hydrogen-bond donors (Lipinski definition) is 3. The first-order chi connectivity index (χ1) is 10.2. The van der Waals surface area contributed by atoms with E-state index in [1.54, 1.807) is 11.6 Å². The first kappa shape index (κ1) is 14.1. The van der Waals surface area contributed by atoms with E-state index in [4.69, 9.17) is 5.21 Å². The van der Waals surface area contributed by atoms with E-state index in [-0.39, 0.29) is 0 Å². The van der Waals surface area contributed by atoms with Gasteiger partial charge in [0.15, 0.2) is 0 Å². The van der Waals surface area contributed by atoms with Gasteiger partial charge in [0.05, 0.1) is 0 Å². The third kappa shape index (κ3) is 2.94. The molecule has 0 saturated carbocycles. The van der Waals surface area contributed by atoms with Gasteiger partial charge >= 0.3 is 0 Å². The van der Waals surface area contributed by atoms with Crippen molar-refractivity contribution in [2.45, 2.75) is 12.8 Å². The van der Waals surface area contributed by atoms with Crippen molar-refractivity contribution in [2.75, 3.05) is 31.1 Å². The Morgan fingerprint density at radius 1 is 1.38 bits per heavy atom. The summed E-state index contributed by atoms with van der Waals surface area (Å²) in [5, 5.41) is 12.0. The second-order valence-electron chi connectivity index (χ2n) is 5.97. The molecule has 3 N–H and O–H groups in total. The average molecular weight is 287 g/mol. The third-order valence-electron chi connectivity index (χ3n) is 4.57. The Morgan fingerprint density at radius 2 is 2.24 bits per heavy atom. The van der Waals surface area contributed by atoms with Gasteiger partial charge in [0.25, 0.3) is 5.91 Å². The van der Waals surface area contributed by atoms with Crippen molar-refractivity contribution in [3.8, 4) is 0 Å². The van der Waals surface area contributed by atoms with Gasteiger partial charge in [-0.3, -0.25) is 10.0 Å². The van der Waals surface area contributed by atoms with E-state index in [9.17, 15) is 4.79 Å². The van der Waals surface area contributed by atoms with Crippen LogP contribution in [-0.4, -0.2) is 37.3 Å². The van der Waals surface area contributed by atoms with E-state index in [1.165, 1.54) is 18.9 Å². The maximum Gasteiger partial charge on any atom is 0.267 e. The molecule has 2 aliphatic rings. The molecule has 1 amide bonds. The molecule has 2 fully saturated rings. The van der Waals surface area contributed by atoms with Crippen molar-refractivity contribution in [1.82, 2.24) is 10.8 Å². The van der Waals surface area contributed by atoms with Crippen LogP contribution in [0.3, 0.4) is 0 Å². The van der Waals surface area contributed by atoms with Gasteiger partial charge in [-0.2, -0.15) is 0 Å². The molecule has 1 aromatic rings. The van der Waals surface area contributed by atoms with Gasteiger partial charge < -0.3 is 10.2 Å². The monoisotopic (exact) mass is 287 g/mol. The molecule has 21 heavy (non-hydrogen) atoms. The Hall–Kier alpha value is -1.85. The highest BCUT2D eigenvalue weighted by molar-refractivity contribution is 5.91. The fourth-order valence-electron chi connectivity index (χ4n) is 3.40. The van der Waals surface area contributed by atoms with E-state index in [0.29, 0.717) is 5.41 Å². The molecule has 5 nitrogen and oxygen atoms in total. The predicted octanol–water partition coefficient (Wildman–Crippen LogP) is 1.40. The van der Waals surface area contributed by atoms with Gasteiger partial charge in [-0.15, -0.1) is 0 Å². The Labute approximate surface area is 124 Å². The lowest BCUT2D eigenvalue weighted by molar-refractivity contribution is -0.124. The highest BCUT2D eigenvalue weighted by Gasteiger charge is 2.40. The number of nitrogens with zero attached hydrogens (tertiary/aromatic N) is 1. The van der Waals surface area contributed by atoms with Crippen molar-refractivity contribution < 1.29 is 10.0 Å². The second-order valence-corrected chi connectivity index (χ2v) is 5.97. The zero-order valence-corrected chi connectivity index (χ0v) is 12.0. The van der Waals surface area contributed by atoms with Crippen LogP contribution in [0.15, 0.2) is 30.3 Å². The van der Waals surface area contributed by atoms with E-state index >= 15 is 0 Å². The molecular formula is C16H21N3O2. The van der Waals surface area contributed by atoms with Gasteiger partial charge in [-0.1, -0.05) is 18.2 Å². The lowest BCUT2D eigenvalue weighted by Crippen LogP contribution is -2.29. The van der Waals surface area contributed by atoms with Crippen LogP contribution >= 0.6 is 0 Å². The standard InChI is InChI=1S/C16H21N3O2/c20-15(18-21)6-5-13-3-1-2-4-14(13)19-10-8-16(12-19)7-9-17-11-16/h1-6,17,21H,7-12H2,(H,18,20)/b6-5+. The number of amides is 1. The second kappa shape index (κ2) is 5.87. The minimum Gasteiger partial charge on any atom is -0.370 e. The van der Waals surface area contributed by atoms with Crippen LogP contribution in [0.4, 0.5) is 5.69 Å².